The molecule has 4 unspecified atom stereocenters. The Morgan fingerprint density at radius 1 is 1.13 bits per heavy atom. The molecule has 0 saturated carbocycles. The number of aliphatic hydroxyl groups excluding tert-OH is 2. The molecule has 0 aromatic heterocycles. The summed E-state index contributed by atoms with van der Waals surface area (Å²) in [4.78, 5) is 57.2. The molecule has 2 heterocycles. The summed E-state index contributed by atoms with van der Waals surface area (Å²) < 4.78 is 17.4. The molecule has 1 fully saturated rings. The van der Waals surface area contributed by atoms with E-state index in [1.165, 1.54) is 25.3 Å². The predicted octanol–water partition coefficient (Wildman–Crippen LogP) is 0.394. The molecule has 6 atom stereocenters. The van der Waals surface area contributed by atoms with Gasteiger partial charge in [-0.1, -0.05) is 12.1 Å². The van der Waals surface area contributed by atoms with Gasteiger partial charge in [0, 0.05) is 42.5 Å². The summed E-state index contributed by atoms with van der Waals surface area (Å²) >= 11 is 0. The number of carbonyl (C=O) groups excluding carboxylic acids is 4. The molecule has 2 aromatic carbocycles. The molecule has 0 spiro atoms. The number of fused-ring (bicyclic) bond motifs is 3. The molecule has 2 aliphatic carbocycles. The van der Waals surface area contributed by atoms with Crippen LogP contribution in [-0.4, -0.2) is 105 Å². The minimum Gasteiger partial charge on any atom is -0.507 e. The minimum absolute atomic E-state index is 0.0726. The lowest BCUT2D eigenvalue weighted by atomic mass is 9.72. The first-order chi connectivity index (χ1) is 21.9. The smallest absolute Gasteiger partial charge is 0.265 e. The first kappa shape index (κ1) is 31.8. The number of amides is 1. The van der Waals surface area contributed by atoms with E-state index in [2.05, 4.69) is 10.3 Å². The third-order valence-corrected chi connectivity index (χ3v) is 9.21. The van der Waals surface area contributed by atoms with E-state index in [9.17, 15) is 44.7 Å². The zero-order chi connectivity index (χ0) is 33.1. The van der Waals surface area contributed by atoms with Gasteiger partial charge in [-0.25, -0.2) is 0 Å². The number of carbonyl (C=O) groups is 4. The maximum Gasteiger partial charge on any atom is 0.265 e. The van der Waals surface area contributed by atoms with Crippen molar-refractivity contribution in [1.82, 2.24) is 5.32 Å². The number of phenolic OH excluding ortho intramolecular Hbond substituents is 2. The Morgan fingerprint density at radius 2 is 1.87 bits per heavy atom. The molecule has 14 heteroatoms. The standard InChI is InChI=1S/C32H34N2O12/c1-13-26(37)17(34-31(42)16-6-4-8-33-16)9-21(45-13)46-19-11-32(43,20(36)12-35)10-15-23(19)30(41)25-24(28(15)39)27(38)14-5-3-7-18(44-2)22(14)29(25)40/h3,5,7,13,17,19,21,26,35,37,39,41,43H,4,6,8-12H2,1-2H3,(H,34,42)/t13?,17?,19-,21?,26?,32-/m0/s1. The number of hydrogen-bond donors (Lipinski definition) is 6. The molecule has 46 heavy (non-hydrogen) atoms. The van der Waals surface area contributed by atoms with E-state index in [4.69, 9.17) is 14.2 Å². The Bertz CT molecular complexity index is 1690. The second kappa shape index (κ2) is 11.9. The van der Waals surface area contributed by atoms with Crippen LogP contribution < -0.4 is 10.1 Å². The van der Waals surface area contributed by atoms with Gasteiger partial charge < -0.3 is 45.1 Å². The van der Waals surface area contributed by atoms with Crippen LogP contribution in [0.1, 0.15) is 81.7 Å². The summed E-state index contributed by atoms with van der Waals surface area (Å²) in [5.41, 5.74) is -3.52. The van der Waals surface area contributed by atoms with Crippen molar-refractivity contribution < 1.29 is 58.9 Å². The second-order valence-electron chi connectivity index (χ2n) is 12.0. The van der Waals surface area contributed by atoms with E-state index in [0.29, 0.717) is 18.7 Å². The number of Topliss-reactive ketones (excluding diaryl/α,β-unsaturated/α-hetero) is 1. The van der Waals surface area contributed by atoms with Gasteiger partial charge in [-0.2, -0.15) is 0 Å². The summed E-state index contributed by atoms with van der Waals surface area (Å²) in [5.74, 6) is -4.38. The van der Waals surface area contributed by atoms with Gasteiger partial charge in [-0.15, -0.1) is 0 Å². The molecule has 4 aliphatic rings. The van der Waals surface area contributed by atoms with Crippen LogP contribution in [-0.2, 0) is 25.5 Å². The summed E-state index contributed by atoms with van der Waals surface area (Å²) in [7, 11) is 1.31. The van der Waals surface area contributed by atoms with E-state index < -0.39 is 102 Å². The number of hydrogen-bond acceptors (Lipinski definition) is 13. The van der Waals surface area contributed by atoms with Crippen molar-refractivity contribution in [2.45, 2.75) is 75.3 Å². The highest BCUT2D eigenvalue weighted by molar-refractivity contribution is 6.39. The van der Waals surface area contributed by atoms with Crippen LogP contribution in [0.25, 0.3) is 0 Å². The van der Waals surface area contributed by atoms with Crippen molar-refractivity contribution in [2.75, 3.05) is 20.3 Å². The van der Waals surface area contributed by atoms with Gasteiger partial charge in [0.25, 0.3) is 5.91 Å². The van der Waals surface area contributed by atoms with Crippen LogP contribution in [0.2, 0.25) is 0 Å². The largest absolute Gasteiger partial charge is 0.507 e. The lowest BCUT2D eigenvalue weighted by molar-refractivity contribution is -0.249. The summed E-state index contributed by atoms with van der Waals surface area (Å²) in [5, 5.41) is 57.8. The quantitative estimate of drug-likeness (QED) is 0.194. The summed E-state index contributed by atoms with van der Waals surface area (Å²) in [6.07, 6.45) is -4.58. The normalized spacial score (nSPS) is 28.5. The Balaban J connectivity index is 1.41. The molecule has 14 nitrogen and oxygen atoms in total. The van der Waals surface area contributed by atoms with E-state index in [-0.39, 0.29) is 34.4 Å². The van der Waals surface area contributed by atoms with Crippen LogP contribution in [0.3, 0.4) is 0 Å². The molecule has 1 amide bonds. The number of nitrogens with one attached hydrogen (secondary N) is 1. The zero-order valence-electron chi connectivity index (χ0n) is 25.1. The fourth-order valence-electron chi connectivity index (χ4n) is 6.84. The van der Waals surface area contributed by atoms with Crippen molar-refractivity contribution in [2.24, 2.45) is 4.99 Å². The van der Waals surface area contributed by atoms with Gasteiger partial charge in [-0.05, 0) is 25.8 Å². The zero-order valence-corrected chi connectivity index (χ0v) is 25.1. The third-order valence-electron chi connectivity index (χ3n) is 9.21. The van der Waals surface area contributed by atoms with Crippen molar-refractivity contribution in [3.8, 4) is 17.2 Å². The maximum absolute atomic E-state index is 13.8. The van der Waals surface area contributed by atoms with Gasteiger partial charge >= 0.3 is 0 Å². The molecular formula is C32H34N2O12. The molecule has 1 saturated heterocycles. The number of ketones is 3. The van der Waals surface area contributed by atoms with Crippen LogP contribution in [0.15, 0.2) is 23.2 Å². The number of aliphatic hydroxyl groups is 3. The van der Waals surface area contributed by atoms with Crippen LogP contribution >= 0.6 is 0 Å². The van der Waals surface area contributed by atoms with Gasteiger partial charge in [0.2, 0.25) is 5.78 Å². The number of methoxy groups -OCH3 is 1. The average Bonchev–Trinajstić information content (AvgIpc) is 3.58. The van der Waals surface area contributed by atoms with Gasteiger partial charge in [0.15, 0.2) is 17.9 Å². The number of benzene rings is 2. The maximum atomic E-state index is 13.8. The topological polar surface area (TPSA) is 222 Å². The number of ether oxygens (including phenoxy) is 3. The molecule has 6 rings (SSSR count). The Hall–Kier alpha value is -4.21. The van der Waals surface area contributed by atoms with Gasteiger partial charge in [0.1, 0.15) is 35.6 Å². The number of phenols is 2. The Morgan fingerprint density at radius 3 is 2.54 bits per heavy atom. The van der Waals surface area contributed by atoms with Crippen molar-refractivity contribution in [3.63, 3.8) is 0 Å². The molecule has 2 aromatic rings. The van der Waals surface area contributed by atoms with Gasteiger partial charge in [0.05, 0.1) is 47.8 Å². The van der Waals surface area contributed by atoms with E-state index >= 15 is 0 Å². The van der Waals surface area contributed by atoms with Crippen LogP contribution in [0.5, 0.6) is 17.2 Å². The number of aliphatic imine (C=N–C) groups is 1. The lowest BCUT2D eigenvalue weighted by Crippen LogP contribution is -2.56. The minimum atomic E-state index is -2.30. The highest BCUT2D eigenvalue weighted by atomic mass is 16.7. The summed E-state index contributed by atoms with van der Waals surface area (Å²) in [6, 6.07) is 3.49. The molecule has 0 bridgehead atoms. The fraction of sp³-hybridized carbons (Fsp3) is 0.469. The monoisotopic (exact) mass is 638 g/mol. The first-order valence-corrected chi connectivity index (χ1v) is 15.0. The van der Waals surface area contributed by atoms with Crippen molar-refractivity contribution >= 4 is 29.0 Å². The SMILES string of the molecule is COc1cccc2c1C(=O)c1c(O)c3c(c(O)c1C2=O)C[C@@](O)(C(=O)CO)C[C@@H]3OC1CC(NC(=O)C2=NCCC2)C(O)C(C)O1. The third kappa shape index (κ3) is 5.06. The fourth-order valence-corrected chi connectivity index (χ4v) is 6.84. The Kier molecular flexibility index (Phi) is 8.19. The highest BCUT2D eigenvalue weighted by Crippen LogP contribution is 2.52. The van der Waals surface area contributed by atoms with Crippen molar-refractivity contribution in [3.05, 3.63) is 51.6 Å². The van der Waals surface area contributed by atoms with Crippen LogP contribution in [0.4, 0.5) is 0 Å². The molecule has 2 aliphatic heterocycles. The van der Waals surface area contributed by atoms with Crippen molar-refractivity contribution in [1.29, 1.82) is 0 Å². The van der Waals surface area contributed by atoms with E-state index in [1.54, 1.807) is 6.92 Å². The summed E-state index contributed by atoms with van der Waals surface area (Å²) in [6.45, 7) is 1.04. The first-order valence-electron chi connectivity index (χ1n) is 15.0. The predicted molar refractivity (Wildman–Crippen MR) is 157 cm³/mol. The molecule has 244 valence electrons. The second-order valence-corrected chi connectivity index (χ2v) is 12.0. The number of rotatable bonds is 7. The molecule has 6 N–H and O–H groups in total. The lowest BCUT2D eigenvalue weighted by Gasteiger charge is -2.43. The number of nitrogens with zero attached hydrogens (tertiary/aromatic N) is 1. The Labute approximate surface area is 262 Å². The van der Waals surface area contributed by atoms with Gasteiger partial charge in [-0.3, -0.25) is 24.2 Å². The van der Waals surface area contributed by atoms with Crippen LogP contribution in [0, 0.1) is 0 Å². The highest BCUT2D eigenvalue weighted by Gasteiger charge is 2.50. The average molecular weight is 639 g/mol. The molecular weight excluding hydrogens is 604 g/mol. The van der Waals surface area contributed by atoms with E-state index in [0.717, 1.165) is 6.42 Å². The number of aromatic hydroxyl groups is 2. The van der Waals surface area contributed by atoms with E-state index in [1.807, 2.05) is 0 Å². The molecule has 0 radical (unpaired) electrons.